The first-order valence-corrected chi connectivity index (χ1v) is 7.82. The van der Waals surface area contributed by atoms with Crippen molar-refractivity contribution in [3.05, 3.63) is 33.9 Å². The molecule has 0 heterocycles. The standard InChI is InChI=1S/C14H20N2O3S/c1-5-11(9-20-4)15(3)12-6-7-13(10(2)17)14(8-12)16(18)19/h6-8,11H,5,9H2,1-4H3. The largest absolute Gasteiger partial charge is 0.371 e. The minimum atomic E-state index is -0.496. The van der Waals surface area contributed by atoms with Gasteiger partial charge in [0.25, 0.3) is 5.69 Å². The Bertz CT molecular complexity index is 505. The van der Waals surface area contributed by atoms with Gasteiger partial charge in [-0.2, -0.15) is 11.8 Å². The van der Waals surface area contributed by atoms with Gasteiger partial charge in [-0.25, -0.2) is 0 Å². The molecule has 0 amide bonds. The molecular weight excluding hydrogens is 276 g/mol. The molecule has 0 aliphatic heterocycles. The number of nitro benzene ring substituents is 1. The maximum atomic E-state index is 11.4. The number of Topliss-reactive ketones (excluding diaryl/α,β-unsaturated/α-hetero) is 1. The summed E-state index contributed by atoms with van der Waals surface area (Å²) in [5, 5.41) is 11.1. The third-order valence-corrected chi connectivity index (χ3v) is 4.06. The van der Waals surface area contributed by atoms with E-state index in [1.807, 2.05) is 18.2 Å². The Kier molecular flexibility index (Phi) is 6.01. The molecule has 6 heteroatoms. The van der Waals surface area contributed by atoms with Crippen molar-refractivity contribution in [1.29, 1.82) is 0 Å². The van der Waals surface area contributed by atoms with Crippen LogP contribution in [-0.2, 0) is 0 Å². The second kappa shape index (κ2) is 7.28. The van der Waals surface area contributed by atoms with Crippen LogP contribution in [0.1, 0.15) is 30.6 Å². The zero-order valence-corrected chi connectivity index (χ0v) is 13.1. The van der Waals surface area contributed by atoms with Crippen molar-refractivity contribution in [3.63, 3.8) is 0 Å². The van der Waals surface area contributed by atoms with Gasteiger partial charge >= 0.3 is 0 Å². The van der Waals surface area contributed by atoms with Gasteiger partial charge in [0.15, 0.2) is 5.78 Å². The van der Waals surface area contributed by atoms with Gasteiger partial charge < -0.3 is 4.90 Å². The highest BCUT2D eigenvalue weighted by molar-refractivity contribution is 7.98. The van der Waals surface area contributed by atoms with Crippen LogP contribution in [0.25, 0.3) is 0 Å². The summed E-state index contributed by atoms with van der Waals surface area (Å²) in [7, 11) is 1.93. The molecule has 110 valence electrons. The topological polar surface area (TPSA) is 63.5 Å². The number of hydrogen-bond donors (Lipinski definition) is 0. The quantitative estimate of drug-likeness (QED) is 0.438. The van der Waals surface area contributed by atoms with E-state index in [4.69, 9.17) is 0 Å². The Morgan fingerprint density at radius 3 is 2.60 bits per heavy atom. The summed E-state index contributed by atoms with van der Waals surface area (Å²) in [5.74, 6) is 0.664. The smallest absolute Gasteiger partial charge is 0.282 e. The van der Waals surface area contributed by atoms with E-state index < -0.39 is 4.92 Å². The van der Waals surface area contributed by atoms with Gasteiger partial charge in [-0.1, -0.05) is 6.92 Å². The molecule has 0 N–H and O–H groups in total. The molecule has 0 saturated heterocycles. The van der Waals surface area contributed by atoms with Crippen molar-refractivity contribution in [3.8, 4) is 0 Å². The Balaban J connectivity index is 3.17. The highest BCUT2D eigenvalue weighted by Gasteiger charge is 2.21. The molecule has 1 aromatic rings. The van der Waals surface area contributed by atoms with Crippen LogP contribution in [0.5, 0.6) is 0 Å². The molecule has 1 unspecified atom stereocenters. The lowest BCUT2D eigenvalue weighted by atomic mass is 10.1. The molecule has 0 fully saturated rings. The molecule has 0 aliphatic rings. The lowest BCUT2D eigenvalue weighted by Gasteiger charge is -2.28. The molecule has 0 saturated carbocycles. The van der Waals surface area contributed by atoms with Crippen molar-refractivity contribution in [2.24, 2.45) is 0 Å². The SMILES string of the molecule is CCC(CSC)N(C)c1ccc(C(C)=O)c([N+](=O)[O-])c1. The zero-order chi connectivity index (χ0) is 15.3. The summed E-state index contributed by atoms with van der Waals surface area (Å²) in [4.78, 5) is 24.1. The molecule has 1 aromatic carbocycles. The number of carbonyl (C=O) groups is 1. The van der Waals surface area contributed by atoms with Crippen molar-refractivity contribution < 1.29 is 9.72 Å². The van der Waals surface area contributed by atoms with Crippen LogP contribution in [0.3, 0.4) is 0 Å². The van der Waals surface area contributed by atoms with Gasteiger partial charge in [0, 0.05) is 30.6 Å². The summed E-state index contributed by atoms with van der Waals surface area (Å²) in [6, 6.07) is 5.11. The number of nitrogens with zero attached hydrogens (tertiary/aromatic N) is 2. The van der Waals surface area contributed by atoms with E-state index in [1.165, 1.54) is 19.1 Å². The van der Waals surface area contributed by atoms with Crippen LogP contribution in [0, 0.1) is 10.1 Å². The Hall–Kier alpha value is -1.56. The molecule has 20 heavy (non-hydrogen) atoms. The van der Waals surface area contributed by atoms with Gasteiger partial charge in [-0.3, -0.25) is 14.9 Å². The first kappa shape index (κ1) is 16.5. The Morgan fingerprint density at radius 1 is 1.50 bits per heavy atom. The first-order valence-electron chi connectivity index (χ1n) is 6.43. The summed E-state index contributed by atoms with van der Waals surface area (Å²) in [5.41, 5.74) is 0.800. The fourth-order valence-electron chi connectivity index (χ4n) is 2.09. The van der Waals surface area contributed by atoms with E-state index in [2.05, 4.69) is 6.92 Å². The number of anilines is 1. The summed E-state index contributed by atoms with van der Waals surface area (Å²) in [6.45, 7) is 3.43. The Labute approximate surface area is 123 Å². The zero-order valence-electron chi connectivity index (χ0n) is 12.3. The van der Waals surface area contributed by atoms with E-state index in [0.717, 1.165) is 17.9 Å². The minimum Gasteiger partial charge on any atom is -0.371 e. The summed E-state index contributed by atoms with van der Waals surface area (Å²) < 4.78 is 0. The van der Waals surface area contributed by atoms with Gasteiger partial charge in [-0.05, 0) is 31.7 Å². The third kappa shape index (κ3) is 3.72. The monoisotopic (exact) mass is 296 g/mol. The van der Waals surface area contributed by atoms with E-state index in [1.54, 1.807) is 17.8 Å². The van der Waals surface area contributed by atoms with E-state index >= 15 is 0 Å². The maximum absolute atomic E-state index is 11.4. The maximum Gasteiger partial charge on any atom is 0.282 e. The van der Waals surface area contributed by atoms with Crippen LogP contribution >= 0.6 is 11.8 Å². The molecule has 1 rings (SSSR count). The molecule has 0 radical (unpaired) electrons. The van der Waals surface area contributed by atoms with Crippen molar-refractivity contribution >= 4 is 28.9 Å². The normalized spacial score (nSPS) is 12.0. The van der Waals surface area contributed by atoms with Gasteiger partial charge in [0.05, 0.1) is 10.5 Å². The average Bonchev–Trinajstić information content (AvgIpc) is 2.43. The van der Waals surface area contributed by atoms with Gasteiger partial charge in [-0.15, -0.1) is 0 Å². The van der Waals surface area contributed by atoms with Gasteiger partial charge in [0.1, 0.15) is 0 Å². The second-order valence-corrected chi connectivity index (χ2v) is 5.55. The Morgan fingerprint density at radius 2 is 2.15 bits per heavy atom. The number of ketones is 1. The molecule has 0 aromatic heterocycles. The fraction of sp³-hybridized carbons (Fsp3) is 0.500. The minimum absolute atomic E-state index is 0.124. The lowest BCUT2D eigenvalue weighted by Crippen LogP contribution is -2.33. The molecule has 0 bridgehead atoms. The fourth-order valence-corrected chi connectivity index (χ4v) is 2.94. The van der Waals surface area contributed by atoms with Crippen LogP contribution < -0.4 is 4.90 Å². The number of carbonyl (C=O) groups excluding carboxylic acids is 1. The second-order valence-electron chi connectivity index (χ2n) is 4.64. The van der Waals surface area contributed by atoms with E-state index in [9.17, 15) is 14.9 Å². The molecule has 1 atom stereocenters. The molecule has 5 nitrogen and oxygen atoms in total. The third-order valence-electron chi connectivity index (χ3n) is 3.34. The van der Waals surface area contributed by atoms with Crippen molar-refractivity contribution in [2.45, 2.75) is 26.3 Å². The van der Waals surface area contributed by atoms with Crippen molar-refractivity contribution in [2.75, 3.05) is 24.0 Å². The number of benzene rings is 1. The number of rotatable bonds is 7. The summed E-state index contributed by atoms with van der Waals surface area (Å²) in [6.07, 6.45) is 3.00. The van der Waals surface area contributed by atoms with Crippen molar-refractivity contribution in [1.82, 2.24) is 0 Å². The predicted octanol–water partition coefficient (Wildman–Crippen LogP) is 3.38. The molecular formula is C14H20N2O3S. The highest BCUT2D eigenvalue weighted by atomic mass is 32.2. The molecule has 0 aliphatic carbocycles. The van der Waals surface area contributed by atoms with E-state index in [0.29, 0.717) is 6.04 Å². The van der Waals surface area contributed by atoms with Crippen LogP contribution in [-0.4, -0.2) is 35.8 Å². The van der Waals surface area contributed by atoms with Crippen LogP contribution in [0.2, 0.25) is 0 Å². The lowest BCUT2D eigenvalue weighted by molar-refractivity contribution is -0.385. The average molecular weight is 296 g/mol. The predicted molar refractivity (Wildman–Crippen MR) is 84.0 cm³/mol. The van der Waals surface area contributed by atoms with Gasteiger partial charge in [0.2, 0.25) is 0 Å². The van der Waals surface area contributed by atoms with Crippen LogP contribution in [0.4, 0.5) is 11.4 Å². The van der Waals surface area contributed by atoms with E-state index in [-0.39, 0.29) is 17.0 Å². The highest BCUT2D eigenvalue weighted by Crippen LogP contribution is 2.27. The number of thioether (sulfide) groups is 1. The summed E-state index contributed by atoms with van der Waals surface area (Å²) >= 11 is 1.75. The number of nitro groups is 1. The van der Waals surface area contributed by atoms with Crippen LogP contribution in [0.15, 0.2) is 18.2 Å². The first-order chi connectivity index (χ1) is 9.42. The molecule has 0 spiro atoms. The number of hydrogen-bond acceptors (Lipinski definition) is 5.